The smallest absolute Gasteiger partial charge is 0.309 e. The van der Waals surface area contributed by atoms with E-state index in [2.05, 4.69) is 6.92 Å². The summed E-state index contributed by atoms with van der Waals surface area (Å²) >= 11 is 5.83. The van der Waals surface area contributed by atoms with E-state index in [1.54, 1.807) is 0 Å². The summed E-state index contributed by atoms with van der Waals surface area (Å²) in [6.45, 7) is 4.37. The van der Waals surface area contributed by atoms with Crippen molar-refractivity contribution in [3.8, 4) is 0 Å². The van der Waals surface area contributed by atoms with Crippen LogP contribution in [0, 0.1) is 11.8 Å². The van der Waals surface area contributed by atoms with E-state index >= 15 is 0 Å². The first kappa shape index (κ1) is 11.5. The SMILES string of the molecule is CCOC(=O)[C@H]1C(c2ccc(Cl)cc2)[C@@H]1C. The zero-order valence-electron chi connectivity index (χ0n) is 9.44. The number of halogens is 1. The molecule has 0 amide bonds. The lowest BCUT2D eigenvalue weighted by molar-refractivity contribution is -0.145. The Labute approximate surface area is 101 Å². The predicted octanol–water partition coefficient (Wildman–Crippen LogP) is 3.25. The molecule has 3 heteroatoms. The maximum absolute atomic E-state index is 11.6. The molecule has 2 rings (SSSR count). The Morgan fingerprint density at radius 2 is 2.00 bits per heavy atom. The molecule has 0 N–H and O–H groups in total. The van der Waals surface area contributed by atoms with Crippen LogP contribution in [-0.2, 0) is 9.53 Å². The topological polar surface area (TPSA) is 26.3 Å². The van der Waals surface area contributed by atoms with Crippen LogP contribution < -0.4 is 0 Å². The van der Waals surface area contributed by atoms with Crippen molar-refractivity contribution in [2.75, 3.05) is 6.61 Å². The van der Waals surface area contributed by atoms with Gasteiger partial charge < -0.3 is 4.74 Å². The highest BCUT2D eigenvalue weighted by Gasteiger charge is 2.53. The van der Waals surface area contributed by atoms with Crippen LogP contribution in [0.25, 0.3) is 0 Å². The number of hydrogen-bond donors (Lipinski definition) is 0. The van der Waals surface area contributed by atoms with Crippen molar-refractivity contribution >= 4 is 17.6 Å². The van der Waals surface area contributed by atoms with Crippen molar-refractivity contribution in [1.82, 2.24) is 0 Å². The minimum absolute atomic E-state index is 0.0288. The maximum Gasteiger partial charge on any atom is 0.309 e. The first-order valence-electron chi connectivity index (χ1n) is 5.57. The van der Waals surface area contributed by atoms with Gasteiger partial charge in [0.2, 0.25) is 0 Å². The summed E-state index contributed by atoms with van der Waals surface area (Å²) in [5, 5.41) is 0.727. The molecule has 1 fully saturated rings. The second-order valence-electron chi connectivity index (χ2n) is 4.21. The third-order valence-electron chi connectivity index (χ3n) is 3.19. The van der Waals surface area contributed by atoms with Gasteiger partial charge in [-0.05, 0) is 30.5 Å². The van der Waals surface area contributed by atoms with E-state index in [4.69, 9.17) is 16.3 Å². The van der Waals surface area contributed by atoms with Gasteiger partial charge in [0, 0.05) is 10.9 Å². The van der Waals surface area contributed by atoms with Gasteiger partial charge in [-0.25, -0.2) is 0 Å². The Hall–Kier alpha value is -1.02. The van der Waals surface area contributed by atoms with Crippen LogP contribution in [0.2, 0.25) is 5.02 Å². The maximum atomic E-state index is 11.6. The minimum Gasteiger partial charge on any atom is -0.466 e. The molecule has 0 spiro atoms. The summed E-state index contributed by atoms with van der Waals surface area (Å²) < 4.78 is 5.05. The molecule has 1 aliphatic rings. The average molecular weight is 239 g/mol. The molecule has 3 atom stereocenters. The molecule has 0 aliphatic heterocycles. The normalized spacial score (nSPS) is 27.6. The molecule has 2 nitrogen and oxygen atoms in total. The molecule has 0 aromatic heterocycles. The van der Waals surface area contributed by atoms with E-state index in [9.17, 15) is 4.79 Å². The molecule has 1 saturated carbocycles. The average Bonchev–Trinajstić information content (AvgIpc) is 2.92. The van der Waals surface area contributed by atoms with E-state index < -0.39 is 0 Å². The Morgan fingerprint density at radius 3 is 2.56 bits per heavy atom. The van der Waals surface area contributed by atoms with Crippen LogP contribution in [0.1, 0.15) is 25.3 Å². The van der Waals surface area contributed by atoms with E-state index in [1.807, 2.05) is 31.2 Å². The molecular formula is C13H15ClO2. The van der Waals surface area contributed by atoms with Gasteiger partial charge in [-0.2, -0.15) is 0 Å². The molecule has 0 saturated heterocycles. The number of carbonyl (C=O) groups excluding carboxylic acids is 1. The summed E-state index contributed by atoms with van der Waals surface area (Å²) in [5.74, 6) is 0.632. The van der Waals surface area contributed by atoms with Gasteiger partial charge in [0.05, 0.1) is 12.5 Å². The van der Waals surface area contributed by atoms with Gasteiger partial charge >= 0.3 is 5.97 Å². The fraction of sp³-hybridized carbons (Fsp3) is 0.462. The van der Waals surface area contributed by atoms with Crippen LogP contribution >= 0.6 is 11.6 Å². The largest absolute Gasteiger partial charge is 0.466 e. The number of carbonyl (C=O) groups is 1. The summed E-state index contributed by atoms with van der Waals surface area (Å²) in [4.78, 5) is 11.6. The van der Waals surface area contributed by atoms with E-state index in [-0.39, 0.29) is 11.9 Å². The number of benzene rings is 1. The summed E-state index contributed by atoms with van der Waals surface area (Å²) in [6.07, 6.45) is 0. The molecule has 1 aromatic rings. The summed E-state index contributed by atoms with van der Waals surface area (Å²) in [7, 11) is 0. The van der Waals surface area contributed by atoms with Crippen LogP contribution in [0.4, 0.5) is 0 Å². The summed E-state index contributed by atoms with van der Waals surface area (Å²) in [6, 6.07) is 7.71. The van der Waals surface area contributed by atoms with Crippen molar-refractivity contribution in [3.05, 3.63) is 34.9 Å². The fourth-order valence-electron chi connectivity index (χ4n) is 2.26. The molecule has 0 radical (unpaired) electrons. The Morgan fingerprint density at radius 1 is 1.38 bits per heavy atom. The number of rotatable bonds is 3. The van der Waals surface area contributed by atoms with Crippen molar-refractivity contribution in [2.45, 2.75) is 19.8 Å². The molecule has 86 valence electrons. The van der Waals surface area contributed by atoms with Crippen LogP contribution in [0.15, 0.2) is 24.3 Å². The van der Waals surface area contributed by atoms with E-state index in [1.165, 1.54) is 5.56 Å². The number of esters is 1. The fourth-order valence-corrected chi connectivity index (χ4v) is 2.38. The molecule has 0 bridgehead atoms. The lowest BCUT2D eigenvalue weighted by Gasteiger charge is -2.01. The number of ether oxygens (including phenoxy) is 1. The lowest BCUT2D eigenvalue weighted by atomic mass is 10.1. The Kier molecular flexibility index (Phi) is 3.20. The molecular weight excluding hydrogens is 224 g/mol. The van der Waals surface area contributed by atoms with Crippen molar-refractivity contribution < 1.29 is 9.53 Å². The molecule has 16 heavy (non-hydrogen) atoms. The Bertz CT molecular complexity index is 385. The monoisotopic (exact) mass is 238 g/mol. The second kappa shape index (κ2) is 4.46. The first-order chi connectivity index (χ1) is 7.65. The van der Waals surface area contributed by atoms with E-state index in [0.29, 0.717) is 18.4 Å². The Balaban J connectivity index is 2.08. The predicted molar refractivity (Wildman–Crippen MR) is 63.5 cm³/mol. The first-order valence-corrected chi connectivity index (χ1v) is 5.95. The van der Waals surface area contributed by atoms with E-state index in [0.717, 1.165) is 5.02 Å². The quantitative estimate of drug-likeness (QED) is 0.756. The van der Waals surface area contributed by atoms with Gasteiger partial charge in [0.25, 0.3) is 0 Å². The number of hydrogen-bond acceptors (Lipinski definition) is 2. The van der Waals surface area contributed by atoms with Gasteiger partial charge in [0.15, 0.2) is 0 Å². The van der Waals surface area contributed by atoms with Crippen molar-refractivity contribution in [2.24, 2.45) is 11.8 Å². The van der Waals surface area contributed by atoms with Crippen LogP contribution in [0.5, 0.6) is 0 Å². The van der Waals surface area contributed by atoms with Crippen molar-refractivity contribution in [1.29, 1.82) is 0 Å². The van der Waals surface area contributed by atoms with Crippen molar-refractivity contribution in [3.63, 3.8) is 0 Å². The third-order valence-corrected chi connectivity index (χ3v) is 3.44. The molecule has 1 aromatic carbocycles. The minimum atomic E-state index is -0.0741. The van der Waals surface area contributed by atoms with Gasteiger partial charge in [-0.1, -0.05) is 30.7 Å². The molecule has 1 aliphatic carbocycles. The third kappa shape index (κ3) is 2.07. The lowest BCUT2D eigenvalue weighted by Crippen LogP contribution is -2.08. The molecule has 0 heterocycles. The second-order valence-corrected chi connectivity index (χ2v) is 4.65. The van der Waals surface area contributed by atoms with Crippen LogP contribution in [-0.4, -0.2) is 12.6 Å². The summed E-state index contributed by atoms with van der Waals surface area (Å²) in [5.41, 5.74) is 1.18. The van der Waals surface area contributed by atoms with Gasteiger partial charge in [0.1, 0.15) is 0 Å². The van der Waals surface area contributed by atoms with Gasteiger partial charge in [-0.15, -0.1) is 0 Å². The zero-order chi connectivity index (χ0) is 11.7. The zero-order valence-corrected chi connectivity index (χ0v) is 10.2. The molecule has 1 unspecified atom stereocenters. The van der Waals surface area contributed by atoms with Gasteiger partial charge in [-0.3, -0.25) is 4.79 Å². The highest BCUT2D eigenvalue weighted by atomic mass is 35.5. The highest BCUT2D eigenvalue weighted by molar-refractivity contribution is 6.30. The standard InChI is InChI=1S/C13H15ClO2/c1-3-16-13(15)12-8(2)11(12)9-4-6-10(14)7-5-9/h4-8,11-12H,3H2,1-2H3/t8-,11?,12+/m0/s1. The van der Waals surface area contributed by atoms with Crippen LogP contribution in [0.3, 0.4) is 0 Å². The highest BCUT2D eigenvalue weighted by Crippen LogP contribution is 2.54.